The fourth-order valence-corrected chi connectivity index (χ4v) is 3.24. The minimum absolute atomic E-state index is 0.0349. The van der Waals surface area contributed by atoms with Gasteiger partial charge in [0.1, 0.15) is 0 Å². The van der Waals surface area contributed by atoms with Crippen LogP contribution < -0.4 is 4.90 Å². The Labute approximate surface area is 137 Å². The zero-order chi connectivity index (χ0) is 16.3. The van der Waals surface area contributed by atoms with Crippen LogP contribution in [0.3, 0.4) is 0 Å². The smallest absolute Gasteiger partial charge is 0.340 e. The Kier molecular flexibility index (Phi) is 5.47. The molecule has 5 nitrogen and oxygen atoms in total. The highest BCUT2D eigenvalue weighted by Crippen LogP contribution is 2.31. The van der Waals surface area contributed by atoms with Crippen molar-refractivity contribution in [1.82, 2.24) is 0 Å². The maximum Gasteiger partial charge on any atom is 0.340 e. The molecule has 0 aliphatic carbocycles. The van der Waals surface area contributed by atoms with E-state index in [1.807, 2.05) is 0 Å². The molecule has 0 aromatic heterocycles. The van der Waals surface area contributed by atoms with E-state index < -0.39 is 5.97 Å². The molecular weight excluding hydrogens is 326 g/mol. The first-order valence-corrected chi connectivity index (χ1v) is 8.10. The van der Waals surface area contributed by atoms with Gasteiger partial charge in [0.25, 0.3) is 0 Å². The first-order valence-electron chi connectivity index (χ1n) is 6.74. The molecule has 1 aromatic rings. The van der Waals surface area contributed by atoms with Gasteiger partial charge in [0.2, 0.25) is 5.91 Å². The van der Waals surface area contributed by atoms with Crippen molar-refractivity contribution in [1.29, 1.82) is 0 Å². The van der Waals surface area contributed by atoms with Gasteiger partial charge in [-0.2, -0.15) is 0 Å². The summed E-state index contributed by atoms with van der Waals surface area (Å²) in [7, 11) is 1.28. The van der Waals surface area contributed by atoms with Crippen molar-refractivity contribution < 1.29 is 19.1 Å². The topological polar surface area (TPSA) is 63.7 Å². The largest absolute Gasteiger partial charge is 0.465 e. The molecule has 1 fully saturated rings. The maximum atomic E-state index is 12.2. The molecule has 2 rings (SSSR count). The number of rotatable bonds is 4. The number of thioether (sulfide) groups is 1. The SMILES string of the molecule is COC(=O)c1cc(Cl)ccc1N1CC(CSC(C)=O)CC1=O. The van der Waals surface area contributed by atoms with E-state index in [1.165, 1.54) is 31.9 Å². The average molecular weight is 342 g/mol. The molecular formula is C15H16ClNO4S. The summed E-state index contributed by atoms with van der Waals surface area (Å²) in [5, 5.41) is 0.437. The maximum absolute atomic E-state index is 12.2. The van der Waals surface area contributed by atoms with Crippen LogP contribution in [-0.4, -0.2) is 36.4 Å². The van der Waals surface area contributed by atoms with Gasteiger partial charge in [0.05, 0.1) is 18.4 Å². The number of hydrogen-bond donors (Lipinski definition) is 0. The van der Waals surface area contributed by atoms with Crippen molar-refractivity contribution in [3.05, 3.63) is 28.8 Å². The monoisotopic (exact) mass is 341 g/mol. The molecule has 1 saturated heterocycles. The lowest BCUT2D eigenvalue weighted by molar-refractivity contribution is -0.117. The Balaban J connectivity index is 2.23. The summed E-state index contributed by atoms with van der Waals surface area (Å²) in [6.07, 6.45) is 0.365. The number of anilines is 1. The van der Waals surface area contributed by atoms with Crippen LogP contribution >= 0.6 is 23.4 Å². The van der Waals surface area contributed by atoms with Crippen LogP contribution in [0.4, 0.5) is 5.69 Å². The number of halogens is 1. The Bertz CT molecular complexity index is 620. The Morgan fingerprint density at radius 2 is 2.18 bits per heavy atom. The third kappa shape index (κ3) is 3.81. The molecule has 0 bridgehead atoms. The van der Waals surface area contributed by atoms with Crippen LogP contribution in [0.5, 0.6) is 0 Å². The molecule has 22 heavy (non-hydrogen) atoms. The van der Waals surface area contributed by atoms with Crippen molar-refractivity contribution >= 4 is 46.0 Å². The fourth-order valence-electron chi connectivity index (χ4n) is 2.38. The molecule has 1 aliphatic rings. The van der Waals surface area contributed by atoms with Crippen LogP contribution in [0.25, 0.3) is 0 Å². The van der Waals surface area contributed by atoms with Crippen molar-refractivity contribution in [2.45, 2.75) is 13.3 Å². The molecule has 1 heterocycles. The lowest BCUT2D eigenvalue weighted by atomic mass is 10.1. The zero-order valence-electron chi connectivity index (χ0n) is 12.3. The van der Waals surface area contributed by atoms with Crippen LogP contribution in [0, 0.1) is 5.92 Å². The molecule has 0 saturated carbocycles. The van der Waals surface area contributed by atoms with Gasteiger partial charge < -0.3 is 9.64 Å². The lowest BCUT2D eigenvalue weighted by Gasteiger charge is -2.19. The predicted octanol–water partition coefficient (Wildman–Crippen LogP) is 2.76. The van der Waals surface area contributed by atoms with E-state index in [9.17, 15) is 14.4 Å². The number of benzene rings is 1. The van der Waals surface area contributed by atoms with E-state index in [4.69, 9.17) is 16.3 Å². The van der Waals surface area contributed by atoms with Gasteiger partial charge in [-0.3, -0.25) is 9.59 Å². The summed E-state index contributed by atoms with van der Waals surface area (Å²) in [5.74, 6) is 0.0784. The third-order valence-electron chi connectivity index (χ3n) is 3.38. The third-order valence-corrected chi connectivity index (χ3v) is 4.66. The van der Waals surface area contributed by atoms with Gasteiger partial charge in [-0.15, -0.1) is 0 Å². The van der Waals surface area contributed by atoms with E-state index in [0.29, 0.717) is 29.4 Å². The van der Waals surface area contributed by atoms with Crippen molar-refractivity contribution in [2.75, 3.05) is 24.3 Å². The molecule has 1 aliphatic heterocycles. The molecule has 1 atom stereocenters. The van der Waals surface area contributed by atoms with Crippen LogP contribution in [0.2, 0.25) is 5.02 Å². The molecule has 1 amide bonds. The summed E-state index contributed by atoms with van der Waals surface area (Å²) in [4.78, 5) is 36.7. The molecule has 0 spiro atoms. The number of hydrogen-bond acceptors (Lipinski definition) is 5. The lowest BCUT2D eigenvalue weighted by Crippen LogP contribution is -2.27. The Morgan fingerprint density at radius 1 is 1.45 bits per heavy atom. The quantitative estimate of drug-likeness (QED) is 0.788. The number of carbonyl (C=O) groups is 3. The van der Waals surface area contributed by atoms with Gasteiger partial charge in [-0.1, -0.05) is 23.4 Å². The molecule has 1 aromatic carbocycles. The normalized spacial score (nSPS) is 17.7. The van der Waals surface area contributed by atoms with Gasteiger partial charge in [-0.25, -0.2) is 4.79 Å². The number of nitrogens with zero attached hydrogens (tertiary/aromatic N) is 1. The first-order chi connectivity index (χ1) is 10.4. The fraction of sp³-hybridized carbons (Fsp3) is 0.400. The second-order valence-electron chi connectivity index (χ2n) is 5.03. The molecule has 0 N–H and O–H groups in total. The number of amides is 1. The van der Waals surface area contributed by atoms with E-state index in [2.05, 4.69) is 0 Å². The Hall–Kier alpha value is -1.53. The summed E-state index contributed by atoms with van der Waals surface area (Å²) in [6, 6.07) is 4.77. The predicted molar refractivity (Wildman–Crippen MR) is 86.4 cm³/mol. The highest BCUT2D eigenvalue weighted by molar-refractivity contribution is 8.13. The summed E-state index contributed by atoms with van der Waals surface area (Å²) in [5.41, 5.74) is 0.764. The highest BCUT2D eigenvalue weighted by atomic mass is 35.5. The highest BCUT2D eigenvalue weighted by Gasteiger charge is 2.33. The van der Waals surface area contributed by atoms with Crippen molar-refractivity contribution in [3.8, 4) is 0 Å². The first kappa shape index (κ1) is 16.8. The minimum atomic E-state index is -0.535. The number of methoxy groups -OCH3 is 1. The van der Waals surface area contributed by atoms with E-state index in [-0.39, 0.29) is 22.5 Å². The van der Waals surface area contributed by atoms with Gasteiger partial charge in [0, 0.05) is 30.7 Å². The van der Waals surface area contributed by atoms with Crippen molar-refractivity contribution in [2.24, 2.45) is 5.92 Å². The summed E-state index contributed by atoms with van der Waals surface area (Å²) in [6.45, 7) is 1.98. The molecule has 1 unspecified atom stereocenters. The second kappa shape index (κ2) is 7.15. The van der Waals surface area contributed by atoms with E-state index in [1.54, 1.807) is 17.0 Å². The summed E-state index contributed by atoms with van der Waals surface area (Å²) < 4.78 is 4.75. The number of esters is 1. The van der Waals surface area contributed by atoms with Gasteiger partial charge >= 0.3 is 5.97 Å². The number of carbonyl (C=O) groups excluding carboxylic acids is 3. The molecule has 7 heteroatoms. The van der Waals surface area contributed by atoms with Gasteiger partial charge in [0.15, 0.2) is 5.12 Å². The second-order valence-corrected chi connectivity index (χ2v) is 6.66. The van der Waals surface area contributed by atoms with Gasteiger partial charge in [-0.05, 0) is 24.1 Å². The van der Waals surface area contributed by atoms with E-state index in [0.717, 1.165) is 0 Å². The molecule has 118 valence electrons. The molecule has 0 radical (unpaired) electrons. The Morgan fingerprint density at radius 3 is 2.82 bits per heavy atom. The number of ether oxygens (including phenoxy) is 1. The van der Waals surface area contributed by atoms with E-state index >= 15 is 0 Å². The zero-order valence-corrected chi connectivity index (χ0v) is 13.9. The summed E-state index contributed by atoms with van der Waals surface area (Å²) >= 11 is 7.14. The standard InChI is InChI=1S/C15H16ClNO4S/c1-9(18)22-8-10-5-14(19)17(7-10)13-4-3-11(16)6-12(13)15(20)21-2/h3-4,6,10H,5,7-8H2,1-2H3. The minimum Gasteiger partial charge on any atom is -0.465 e. The van der Waals surface area contributed by atoms with Crippen molar-refractivity contribution in [3.63, 3.8) is 0 Å². The van der Waals surface area contributed by atoms with Crippen LogP contribution in [0.1, 0.15) is 23.7 Å². The van der Waals surface area contributed by atoms with Crippen LogP contribution in [0.15, 0.2) is 18.2 Å². The average Bonchev–Trinajstić information content (AvgIpc) is 2.85. The van der Waals surface area contributed by atoms with Crippen LogP contribution in [-0.2, 0) is 14.3 Å².